The lowest BCUT2D eigenvalue weighted by Crippen LogP contribution is -2.47. The Balaban J connectivity index is 1.22. The highest BCUT2D eigenvalue weighted by molar-refractivity contribution is 6.05. The number of nitrogens with one attached hydrogen (secondary N) is 1. The van der Waals surface area contributed by atoms with Crippen molar-refractivity contribution < 1.29 is 23.5 Å². The van der Waals surface area contributed by atoms with Crippen molar-refractivity contribution in [3.05, 3.63) is 89.4 Å². The van der Waals surface area contributed by atoms with Gasteiger partial charge in [-0.25, -0.2) is 4.79 Å². The molecule has 222 valence electrons. The minimum absolute atomic E-state index is 0.138. The number of benzene rings is 2. The summed E-state index contributed by atoms with van der Waals surface area (Å²) < 4.78 is 12.1. The van der Waals surface area contributed by atoms with Crippen molar-refractivity contribution in [3.8, 4) is 0 Å². The van der Waals surface area contributed by atoms with Crippen LogP contribution in [-0.4, -0.2) is 76.8 Å². The summed E-state index contributed by atoms with van der Waals surface area (Å²) in [5.41, 5.74) is 4.25. The van der Waals surface area contributed by atoms with E-state index in [4.69, 9.17) is 9.15 Å². The van der Waals surface area contributed by atoms with Crippen LogP contribution in [0.1, 0.15) is 49.8 Å². The molecule has 1 N–H and O–H groups in total. The number of hydrogen-bond acceptors (Lipinski definition) is 9. The third-order valence-corrected chi connectivity index (χ3v) is 7.81. The Labute approximate surface area is 248 Å². The van der Waals surface area contributed by atoms with Crippen LogP contribution in [0.2, 0.25) is 0 Å². The minimum atomic E-state index is -0.534. The summed E-state index contributed by atoms with van der Waals surface area (Å²) in [6.07, 6.45) is 1.45. The number of esters is 1. The molecule has 4 aromatic rings. The molecule has 12 nitrogen and oxygen atoms in total. The molecule has 2 amide bonds. The summed E-state index contributed by atoms with van der Waals surface area (Å²) in [6, 6.07) is 17.0. The van der Waals surface area contributed by atoms with Crippen LogP contribution in [0, 0.1) is 6.92 Å². The highest BCUT2D eigenvalue weighted by Gasteiger charge is 2.29. The van der Waals surface area contributed by atoms with Gasteiger partial charge in [0.05, 0.1) is 30.8 Å². The van der Waals surface area contributed by atoms with Crippen LogP contribution in [0.4, 0.5) is 17.1 Å². The van der Waals surface area contributed by atoms with E-state index in [0.29, 0.717) is 30.2 Å². The van der Waals surface area contributed by atoms with E-state index in [0.717, 1.165) is 31.9 Å². The molecule has 0 unspecified atom stereocenters. The fourth-order valence-corrected chi connectivity index (χ4v) is 5.60. The molecule has 2 aromatic heterocycles. The van der Waals surface area contributed by atoms with Crippen LogP contribution in [-0.2, 0) is 17.8 Å². The van der Waals surface area contributed by atoms with Crippen molar-refractivity contribution >= 4 is 34.8 Å². The number of piperazine rings is 1. The Hall–Kier alpha value is -5.13. The van der Waals surface area contributed by atoms with E-state index in [9.17, 15) is 14.4 Å². The summed E-state index contributed by atoms with van der Waals surface area (Å²) in [7, 11) is 0. The van der Waals surface area contributed by atoms with E-state index < -0.39 is 11.9 Å². The lowest BCUT2D eigenvalue weighted by Gasteiger charge is -2.38. The van der Waals surface area contributed by atoms with Gasteiger partial charge >= 0.3 is 5.97 Å². The highest BCUT2D eigenvalue weighted by Crippen LogP contribution is 2.31. The second-order valence-electron chi connectivity index (χ2n) is 10.5. The molecule has 0 aliphatic carbocycles. The number of furan rings is 1. The third-order valence-electron chi connectivity index (χ3n) is 7.81. The van der Waals surface area contributed by atoms with Gasteiger partial charge in [0.25, 0.3) is 11.8 Å². The van der Waals surface area contributed by atoms with E-state index in [-0.39, 0.29) is 30.6 Å². The highest BCUT2D eigenvalue weighted by atomic mass is 16.5. The number of carbonyl (C=O) groups excluding carboxylic acids is 3. The number of hydrogen-bond donors (Lipinski definition) is 1. The van der Waals surface area contributed by atoms with Crippen LogP contribution in [0.3, 0.4) is 0 Å². The summed E-state index contributed by atoms with van der Waals surface area (Å²) in [4.78, 5) is 45.2. The van der Waals surface area contributed by atoms with E-state index in [2.05, 4.69) is 50.4 Å². The molecule has 0 atom stereocenters. The van der Waals surface area contributed by atoms with Gasteiger partial charge in [-0.2, -0.15) is 0 Å². The Kier molecular flexibility index (Phi) is 7.82. The molecule has 0 bridgehead atoms. The zero-order valence-corrected chi connectivity index (χ0v) is 24.2. The Morgan fingerprint density at radius 3 is 2.40 bits per heavy atom. The lowest BCUT2D eigenvalue weighted by molar-refractivity contribution is 0.0501. The van der Waals surface area contributed by atoms with Gasteiger partial charge in [-0.15, -0.1) is 10.2 Å². The van der Waals surface area contributed by atoms with Crippen molar-refractivity contribution in [1.82, 2.24) is 19.7 Å². The fourth-order valence-electron chi connectivity index (χ4n) is 5.60. The second kappa shape index (κ2) is 12.0. The van der Waals surface area contributed by atoms with Gasteiger partial charge in [0.2, 0.25) is 5.82 Å². The first-order valence-corrected chi connectivity index (χ1v) is 14.4. The predicted molar refractivity (Wildman–Crippen MR) is 159 cm³/mol. The first-order valence-electron chi connectivity index (χ1n) is 14.4. The molecule has 1 saturated heterocycles. The summed E-state index contributed by atoms with van der Waals surface area (Å²) >= 11 is 0. The van der Waals surface area contributed by atoms with Gasteiger partial charge in [-0.1, -0.05) is 18.2 Å². The summed E-state index contributed by atoms with van der Waals surface area (Å²) in [5.74, 6) is -0.313. The fraction of sp³-hybridized carbons (Fsp3) is 0.323. The molecule has 43 heavy (non-hydrogen) atoms. The zero-order valence-electron chi connectivity index (χ0n) is 24.2. The van der Waals surface area contributed by atoms with Gasteiger partial charge in [0.1, 0.15) is 0 Å². The standard InChI is InChI=1S/C31H33N7O5/c1-3-42-31(41)28-34-33-27-20-37(16-17-38(27)28)30(40)22-10-11-25(23(19-22)32-29(39)26-9-6-18-43-26)36-14-12-35(13-15-36)24-8-5-4-7-21(24)2/h4-11,18-19H,3,12-17,20H2,1-2H3,(H,32,39). The van der Waals surface area contributed by atoms with Crippen molar-refractivity contribution in [2.45, 2.75) is 26.9 Å². The number of amides is 2. The number of ether oxygens (including phenoxy) is 1. The molecule has 2 aliphatic rings. The molecule has 0 radical (unpaired) electrons. The largest absolute Gasteiger partial charge is 0.460 e. The van der Waals surface area contributed by atoms with E-state index >= 15 is 0 Å². The van der Waals surface area contributed by atoms with Crippen LogP contribution in [0.5, 0.6) is 0 Å². The molecule has 2 aliphatic heterocycles. The Bertz CT molecular complexity index is 1640. The van der Waals surface area contributed by atoms with Crippen LogP contribution < -0.4 is 15.1 Å². The van der Waals surface area contributed by atoms with Gasteiger partial charge in [-0.05, 0) is 55.8 Å². The SMILES string of the molecule is CCOC(=O)c1nnc2n1CCN(C(=O)c1ccc(N3CCN(c4ccccc4C)CC3)c(NC(=O)c3ccco3)c1)C2. The first-order chi connectivity index (χ1) is 20.9. The molecular weight excluding hydrogens is 550 g/mol. The number of rotatable bonds is 7. The van der Waals surface area contributed by atoms with E-state index in [1.165, 1.54) is 17.5 Å². The number of carbonyl (C=O) groups is 3. The topological polar surface area (TPSA) is 126 Å². The lowest BCUT2D eigenvalue weighted by atomic mass is 10.1. The summed E-state index contributed by atoms with van der Waals surface area (Å²) in [6.45, 7) is 8.15. The van der Waals surface area contributed by atoms with E-state index in [1.54, 1.807) is 40.7 Å². The normalized spacial score (nSPS) is 14.8. The molecule has 0 spiro atoms. The van der Waals surface area contributed by atoms with Crippen molar-refractivity contribution in [1.29, 1.82) is 0 Å². The van der Waals surface area contributed by atoms with Crippen molar-refractivity contribution in [2.75, 3.05) is 54.4 Å². The Morgan fingerprint density at radius 2 is 1.67 bits per heavy atom. The van der Waals surface area contributed by atoms with Crippen molar-refractivity contribution in [2.24, 2.45) is 0 Å². The molecule has 4 heterocycles. The quantitative estimate of drug-likeness (QED) is 0.325. The zero-order chi connectivity index (χ0) is 29.9. The number of aryl methyl sites for hydroxylation is 1. The monoisotopic (exact) mass is 583 g/mol. The van der Waals surface area contributed by atoms with Gasteiger partial charge in [0.15, 0.2) is 11.6 Å². The predicted octanol–water partition coefficient (Wildman–Crippen LogP) is 3.59. The Morgan fingerprint density at radius 1 is 0.907 bits per heavy atom. The van der Waals surface area contributed by atoms with E-state index in [1.807, 2.05) is 12.1 Å². The number of para-hydroxylation sites is 1. The minimum Gasteiger partial charge on any atom is -0.460 e. The first kappa shape index (κ1) is 28.0. The molecule has 12 heteroatoms. The maximum absolute atomic E-state index is 13.7. The third kappa shape index (κ3) is 5.68. The average Bonchev–Trinajstić information content (AvgIpc) is 3.72. The number of fused-ring (bicyclic) bond motifs is 1. The molecule has 1 fully saturated rings. The number of anilines is 3. The molecular formula is C31H33N7O5. The van der Waals surface area contributed by atoms with Crippen LogP contribution in [0.15, 0.2) is 65.3 Å². The number of aromatic nitrogens is 3. The average molecular weight is 584 g/mol. The molecule has 2 aromatic carbocycles. The number of nitrogens with zero attached hydrogens (tertiary/aromatic N) is 6. The van der Waals surface area contributed by atoms with Gasteiger partial charge in [-0.3, -0.25) is 9.59 Å². The maximum Gasteiger partial charge on any atom is 0.376 e. The summed E-state index contributed by atoms with van der Waals surface area (Å²) in [5, 5.41) is 11.1. The van der Waals surface area contributed by atoms with Gasteiger partial charge < -0.3 is 33.7 Å². The van der Waals surface area contributed by atoms with Crippen LogP contribution in [0.25, 0.3) is 0 Å². The van der Waals surface area contributed by atoms with Crippen molar-refractivity contribution in [3.63, 3.8) is 0 Å². The second-order valence-corrected chi connectivity index (χ2v) is 10.5. The van der Waals surface area contributed by atoms with Gasteiger partial charge in [0, 0.05) is 50.5 Å². The maximum atomic E-state index is 13.7. The van der Waals surface area contributed by atoms with Crippen LogP contribution >= 0.6 is 0 Å². The molecule has 0 saturated carbocycles. The molecule has 6 rings (SSSR count). The smallest absolute Gasteiger partial charge is 0.376 e.